The second-order valence-electron chi connectivity index (χ2n) is 3.06. The predicted octanol–water partition coefficient (Wildman–Crippen LogP) is 2.53. The van der Waals surface area contributed by atoms with Gasteiger partial charge in [0.2, 0.25) is 0 Å². The van der Waals surface area contributed by atoms with Gasteiger partial charge in [-0.2, -0.15) is 0 Å². The normalized spacial score (nSPS) is 10.3. The first-order valence-electron chi connectivity index (χ1n) is 4.37. The second kappa shape index (κ2) is 4.37. The number of hydrogen-bond donors (Lipinski definition) is 2. The molecule has 0 fully saturated rings. The molecule has 82 valence electrons. The number of amides is 1. The molecule has 0 atom stereocenters. The summed E-state index contributed by atoms with van der Waals surface area (Å²) in [6.07, 6.45) is 0. The van der Waals surface area contributed by atoms with Gasteiger partial charge in [0, 0.05) is 10.1 Å². The lowest BCUT2D eigenvalue weighted by molar-refractivity contribution is 0.0981. The quantitative estimate of drug-likeness (QED) is 0.783. The van der Waals surface area contributed by atoms with Crippen LogP contribution < -0.4 is 11.1 Å². The molecule has 3 N–H and O–H groups in total. The largest absolute Gasteiger partial charge is 0.376 e. The maximum absolute atomic E-state index is 11.7. The molecule has 0 saturated carbocycles. The summed E-state index contributed by atoms with van der Waals surface area (Å²) in [5.41, 5.74) is 5.24. The average Bonchev–Trinajstić information content (AvgIpc) is 2.56. The van der Waals surface area contributed by atoms with Gasteiger partial charge in [0.15, 0.2) is 5.11 Å². The van der Waals surface area contributed by atoms with E-state index in [1.807, 2.05) is 24.3 Å². The molecule has 0 aliphatic heterocycles. The maximum Gasteiger partial charge on any atom is 0.269 e. The number of thiophene rings is 1. The Hall–Kier alpha value is -1.17. The summed E-state index contributed by atoms with van der Waals surface area (Å²) in [4.78, 5) is 12.1. The lowest BCUT2D eigenvalue weighted by Crippen LogP contribution is -2.34. The maximum atomic E-state index is 11.7. The Labute approximate surface area is 106 Å². The zero-order valence-corrected chi connectivity index (χ0v) is 10.4. The summed E-state index contributed by atoms with van der Waals surface area (Å²) in [6, 6.07) is 7.54. The van der Waals surface area contributed by atoms with Crippen LogP contribution in [0.4, 0.5) is 0 Å². The van der Waals surface area contributed by atoms with Crippen molar-refractivity contribution in [3.63, 3.8) is 0 Å². The number of nitrogens with two attached hydrogens (primary N) is 1. The van der Waals surface area contributed by atoms with Crippen molar-refractivity contribution in [1.82, 2.24) is 5.32 Å². The third-order valence-electron chi connectivity index (χ3n) is 1.98. The van der Waals surface area contributed by atoms with Crippen molar-refractivity contribution >= 4 is 56.3 Å². The Morgan fingerprint density at radius 3 is 2.75 bits per heavy atom. The van der Waals surface area contributed by atoms with Gasteiger partial charge in [0.1, 0.15) is 4.88 Å². The summed E-state index contributed by atoms with van der Waals surface area (Å²) in [5.74, 6) is -0.362. The van der Waals surface area contributed by atoms with E-state index in [2.05, 4.69) is 17.5 Å². The van der Waals surface area contributed by atoms with Crippen LogP contribution in [0.2, 0.25) is 5.02 Å². The van der Waals surface area contributed by atoms with Gasteiger partial charge in [-0.15, -0.1) is 11.3 Å². The molecule has 0 unspecified atom stereocenters. The number of halogens is 1. The van der Waals surface area contributed by atoms with Gasteiger partial charge in [-0.1, -0.05) is 29.8 Å². The molecule has 6 heteroatoms. The highest BCUT2D eigenvalue weighted by atomic mass is 35.5. The second-order valence-corrected chi connectivity index (χ2v) is 4.93. The van der Waals surface area contributed by atoms with Crippen LogP contribution in [0, 0.1) is 0 Å². The Morgan fingerprint density at radius 2 is 2.12 bits per heavy atom. The van der Waals surface area contributed by atoms with Gasteiger partial charge >= 0.3 is 0 Å². The molecule has 1 aromatic heterocycles. The van der Waals surface area contributed by atoms with Crippen LogP contribution in [0.25, 0.3) is 10.1 Å². The molecular weight excluding hydrogens is 264 g/mol. The van der Waals surface area contributed by atoms with Gasteiger partial charge in [0.25, 0.3) is 5.91 Å². The van der Waals surface area contributed by atoms with E-state index < -0.39 is 0 Å². The molecule has 0 radical (unpaired) electrons. The van der Waals surface area contributed by atoms with Crippen LogP contribution in [0.1, 0.15) is 9.67 Å². The van der Waals surface area contributed by atoms with Gasteiger partial charge in [-0.05, 0) is 18.3 Å². The van der Waals surface area contributed by atoms with Crippen LogP contribution in [-0.2, 0) is 0 Å². The van der Waals surface area contributed by atoms with Crippen molar-refractivity contribution < 1.29 is 4.79 Å². The molecule has 1 aromatic carbocycles. The van der Waals surface area contributed by atoms with Gasteiger partial charge < -0.3 is 5.73 Å². The van der Waals surface area contributed by atoms with E-state index in [-0.39, 0.29) is 11.0 Å². The molecular formula is C10H7ClN2OS2. The zero-order valence-electron chi connectivity index (χ0n) is 7.99. The fraction of sp³-hybridized carbons (Fsp3) is 0. The fourth-order valence-corrected chi connectivity index (χ4v) is 2.83. The molecule has 0 aliphatic rings. The van der Waals surface area contributed by atoms with Gasteiger partial charge in [-0.3, -0.25) is 10.1 Å². The minimum atomic E-state index is -0.362. The summed E-state index contributed by atoms with van der Waals surface area (Å²) >= 11 is 12.0. The van der Waals surface area contributed by atoms with E-state index in [1.54, 1.807) is 0 Å². The number of nitrogens with one attached hydrogen (secondary N) is 1. The van der Waals surface area contributed by atoms with E-state index in [0.717, 1.165) is 10.1 Å². The Morgan fingerprint density at radius 1 is 1.44 bits per heavy atom. The third kappa shape index (κ3) is 2.02. The van der Waals surface area contributed by atoms with E-state index in [1.165, 1.54) is 11.3 Å². The molecule has 2 aromatic rings. The number of carbonyl (C=O) groups is 1. The third-order valence-corrected chi connectivity index (χ3v) is 3.75. The van der Waals surface area contributed by atoms with Crippen LogP contribution in [-0.4, -0.2) is 11.0 Å². The van der Waals surface area contributed by atoms with Gasteiger partial charge in [-0.25, -0.2) is 0 Å². The van der Waals surface area contributed by atoms with Crippen molar-refractivity contribution in [3.05, 3.63) is 34.2 Å². The van der Waals surface area contributed by atoms with Crippen LogP contribution in [0.5, 0.6) is 0 Å². The number of rotatable bonds is 1. The molecule has 0 bridgehead atoms. The van der Waals surface area contributed by atoms with Crippen molar-refractivity contribution in [1.29, 1.82) is 0 Å². The minimum absolute atomic E-state index is 0.0569. The van der Waals surface area contributed by atoms with Gasteiger partial charge in [0.05, 0.1) is 5.02 Å². The van der Waals surface area contributed by atoms with Crippen molar-refractivity contribution in [2.24, 2.45) is 5.73 Å². The predicted molar refractivity (Wildman–Crippen MR) is 71.1 cm³/mol. The molecule has 2 rings (SSSR count). The smallest absolute Gasteiger partial charge is 0.269 e. The fourth-order valence-electron chi connectivity index (χ4n) is 1.33. The highest BCUT2D eigenvalue weighted by Crippen LogP contribution is 2.34. The monoisotopic (exact) mass is 270 g/mol. The van der Waals surface area contributed by atoms with Crippen LogP contribution in [0.3, 0.4) is 0 Å². The first kappa shape index (κ1) is 11.3. The lowest BCUT2D eigenvalue weighted by Gasteiger charge is -1.99. The van der Waals surface area contributed by atoms with E-state index in [0.29, 0.717) is 9.90 Å². The first-order valence-corrected chi connectivity index (χ1v) is 5.97. The summed E-state index contributed by atoms with van der Waals surface area (Å²) in [7, 11) is 0. The molecule has 0 spiro atoms. The van der Waals surface area contributed by atoms with Crippen molar-refractivity contribution in [2.75, 3.05) is 0 Å². The Kier molecular flexibility index (Phi) is 3.09. The standard InChI is InChI=1S/C10H7ClN2OS2/c11-7-5-3-1-2-4-6(5)16-8(7)9(14)13-10(12)15/h1-4H,(H3,12,13,14,15). The topological polar surface area (TPSA) is 55.1 Å². The summed E-state index contributed by atoms with van der Waals surface area (Å²) in [6.45, 7) is 0. The van der Waals surface area contributed by atoms with Crippen LogP contribution >= 0.6 is 35.2 Å². The minimum Gasteiger partial charge on any atom is -0.376 e. The SMILES string of the molecule is NC(=S)NC(=O)c1sc2ccccc2c1Cl. The van der Waals surface area contributed by atoms with Crippen molar-refractivity contribution in [3.8, 4) is 0 Å². The Balaban J connectivity index is 2.49. The van der Waals surface area contributed by atoms with Crippen molar-refractivity contribution in [2.45, 2.75) is 0 Å². The first-order chi connectivity index (χ1) is 7.59. The van der Waals surface area contributed by atoms with E-state index in [4.69, 9.17) is 17.3 Å². The molecule has 3 nitrogen and oxygen atoms in total. The number of carbonyl (C=O) groups excluding carboxylic acids is 1. The number of fused-ring (bicyclic) bond motifs is 1. The lowest BCUT2D eigenvalue weighted by atomic mass is 10.2. The molecule has 0 saturated heterocycles. The van der Waals surface area contributed by atoms with Crippen LogP contribution in [0.15, 0.2) is 24.3 Å². The summed E-state index contributed by atoms with van der Waals surface area (Å²) in [5, 5.41) is 3.60. The number of hydrogen-bond acceptors (Lipinski definition) is 3. The summed E-state index contributed by atoms with van der Waals surface area (Å²) < 4.78 is 0.959. The number of thiocarbonyl (C=S) groups is 1. The van der Waals surface area contributed by atoms with E-state index in [9.17, 15) is 4.79 Å². The highest BCUT2D eigenvalue weighted by molar-refractivity contribution is 7.80. The molecule has 1 heterocycles. The van der Waals surface area contributed by atoms with E-state index >= 15 is 0 Å². The molecule has 1 amide bonds. The zero-order chi connectivity index (χ0) is 11.7. The Bertz CT molecular complexity index is 579. The number of benzene rings is 1. The molecule has 0 aliphatic carbocycles. The highest BCUT2D eigenvalue weighted by Gasteiger charge is 2.16. The molecule has 16 heavy (non-hydrogen) atoms. The average molecular weight is 271 g/mol.